The van der Waals surface area contributed by atoms with Gasteiger partial charge in [0.2, 0.25) is 15.9 Å². The smallest absolute Gasteiger partial charge is 0.224 e. The normalized spacial score (nSPS) is 15.7. The lowest BCUT2D eigenvalue weighted by molar-refractivity contribution is -0.116. The first-order valence-corrected chi connectivity index (χ1v) is 8.61. The van der Waals surface area contributed by atoms with Crippen molar-refractivity contribution in [3.63, 3.8) is 0 Å². The van der Waals surface area contributed by atoms with Crippen molar-refractivity contribution in [3.8, 4) is 0 Å². The van der Waals surface area contributed by atoms with Crippen LogP contribution < -0.4 is 5.32 Å². The molecule has 0 saturated heterocycles. The Morgan fingerprint density at radius 2 is 2.10 bits per heavy atom. The quantitative estimate of drug-likeness (QED) is 0.920. The summed E-state index contributed by atoms with van der Waals surface area (Å²) >= 11 is 0. The van der Waals surface area contributed by atoms with Crippen LogP contribution in [0.3, 0.4) is 0 Å². The maximum Gasteiger partial charge on any atom is 0.224 e. The van der Waals surface area contributed by atoms with E-state index in [9.17, 15) is 13.2 Å². The van der Waals surface area contributed by atoms with Gasteiger partial charge in [-0.3, -0.25) is 4.79 Å². The summed E-state index contributed by atoms with van der Waals surface area (Å²) in [5.41, 5.74) is 2.85. The summed E-state index contributed by atoms with van der Waals surface area (Å²) in [4.78, 5) is 11.6. The van der Waals surface area contributed by atoms with Crippen LogP contribution in [0.1, 0.15) is 30.9 Å². The molecule has 1 amide bonds. The molecule has 1 aliphatic heterocycles. The molecule has 2 rings (SSSR count). The Hall–Kier alpha value is -1.40. The summed E-state index contributed by atoms with van der Waals surface area (Å²) in [5.74, 6) is -0.0109. The van der Waals surface area contributed by atoms with Crippen LogP contribution in [-0.4, -0.2) is 31.4 Å². The molecular formula is C14H20N2O3S. The zero-order chi connectivity index (χ0) is 14.8. The lowest BCUT2D eigenvalue weighted by atomic mass is 10.0. The topological polar surface area (TPSA) is 66.5 Å². The molecule has 1 N–H and O–H groups in total. The summed E-state index contributed by atoms with van der Waals surface area (Å²) in [7, 11) is -3.17. The summed E-state index contributed by atoms with van der Waals surface area (Å²) < 4.78 is 24.7. The van der Waals surface area contributed by atoms with Crippen LogP contribution in [0, 0.1) is 0 Å². The Balaban J connectivity index is 2.17. The highest BCUT2D eigenvalue weighted by Gasteiger charge is 2.23. The van der Waals surface area contributed by atoms with Crippen molar-refractivity contribution < 1.29 is 13.2 Å². The predicted molar refractivity (Wildman–Crippen MR) is 78.9 cm³/mol. The fourth-order valence-corrected chi connectivity index (χ4v) is 3.14. The lowest BCUT2D eigenvalue weighted by Crippen LogP contribution is -2.35. The van der Waals surface area contributed by atoms with Crippen molar-refractivity contribution in [2.45, 2.75) is 32.7 Å². The monoisotopic (exact) mass is 296 g/mol. The van der Waals surface area contributed by atoms with E-state index in [4.69, 9.17) is 0 Å². The van der Waals surface area contributed by atoms with Gasteiger partial charge in [-0.25, -0.2) is 8.42 Å². The molecule has 6 heteroatoms. The highest BCUT2D eigenvalue weighted by atomic mass is 32.2. The Morgan fingerprint density at radius 1 is 1.35 bits per heavy atom. The van der Waals surface area contributed by atoms with E-state index < -0.39 is 10.0 Å². The molecule has 0 radical (unpaired) electrons. The van der Waals surface area contributed by atoms with Crippen molar-refractivity contribution in [2.24, 2.45) is 0 Å². The molecule has 0 aliphatic carbocycles. The van der Waals surface area contributed by atoms with E-state index in [1.807, 2.05) is 25.1 Å². The van der Waals surface area contributed by atoms with Gasteiger partial charge in [0.15, 0.2) is 0 Å². The third-order valence-electron chi connectivity index (χ3n) is 3.41. The van der Waals surface area contributed by atoms with E-state index in [0.29, 0.717) is 25.9 Å². The molecule has 1 aromatic rings. The highest BCUT2D eigenvalue weighted by Crippen LogP contribution is 2.24. The number of hydrogen-bond acceptors (Lipinski definition) is 3. The highest BCUT2D eigenvalue weighted by molar-refractivity contribution is 7.88. The number of nitrogens with one attached hydrogen (secondary N) is 1. The number of amides is 1. The van der Waals surface area contributed by atoms with E-state index in [-0.39, 0.29) is 5.91 Å². The minimum Gasteiger partial charge on any atom is -0.326 e. The average molecular weight is 296 g/mol. The molecule has 0 spiro atoms. The Bertz CT molecular complexity index is 611. The molecule has 110 valence electrons. The molecule has 0 atom stereocenters. The first kappa shape index (κ1) is 15.0. The van der Waals surface area contributed by atoms with Crippen LogP contribution in [0.15, 0.2) is 18.2 Å². The number of rotatable bonds is 4. The number of carbonyl (C=O) groups excluding carboxylic acids is 1. The van der Waals surface area contributed by atoms with E-state index in [0.717, 1.165) is 23.2 Å². The van der Waals surface area contributed by atoms with Gasteiger partial charge in [0.1, 0.15) is 0 Å². The fraction of sp³-hybridized carbons (Fsp3) is 0.500. The Morgan fingerprint density at radius 3 is 2.75 bits per heavy atom. The summed E-state index contributed by atoms with van der Waals surface area (Å²) in [6.45, 7) is 2.86. The van der Waals surface area contributed by atoms with Crippen LogP contribution in [0.2, 0.25) is 0 Å². The van der Waals surface area contributed by atoms with Crippen molar-refractivity contribution in [3.05, 3.63) is 29.3 Å². The van der Waals surface area contributed by atoms with Gasteiger partial charge in [-0.05, 0) is 36.1 Å². The summed E-state index contributed by atoms with van der Waals surface area (Å²) in [6.07, 6.45) is 3.24. The van der Waals surface area contributed by atoms with Gasteiger partial charge in [0, 0.05) is 25.2 Å². The minimum absolute atomic E-state index is 0.0109. The minimum atomic E-state index is -3.17. The number of carbonyl (C=O) groups is 1. The Kier molecular flexibility index (Phi) is 4.45. The molecule has 0 aromatic heterocycles. The standard InChI is InChI=1S/C14H20N2O3S/c1-3-4-14(17)15-13-6-5-11-7-8-16(20(2,18)19)10-12(11)9-13/h5-6,9H,3-4,7-8,10H2,1-2H3,(H,15,17). The van der Waals surface area contributed by atoms with Crippen molar-refractivity contribution in [1.29, 1.82) is 0 Å². The first-order valence-electron chi connectivity index (χ1n) is 6.77. The second-order valence-corrected chi connectivity index (χ2v) is 7.11. The first-order chi connectivity index (χ1) is 9.40. The molecule has 0 unspecified atom stereocenters. The predicted octanol–water partition coefficient (Wildman–Crippen LogP) is 1.74. The lowest BCUT2D eigenvalue weighted by Gasteiger charge is -2.27. The van der Waals surface area contributed by atoms with Crippen LogP contribution in [0.5, 0.6) is 0 Å². The molecule has 20 heavy (non-hydrogen) atoms. The largest absolute Gasteiger partial charge is 0.326 e. The molecular weight excluding hydrogens is 276 g/mol. The van der Waals surface area contributed by atoms with Crippen LogP contribution in [0.25, 0.3) is 0 Å². The van der Waals surface area contributed by atoms with Crippen molar-refractivity contribution in [2.75, 3.05) is 18.1 Å². The van der Waals surface area contributed by atoms with Crippen molar-refractivity contribution in [1.82, 2.24) is 4.31 Å². The second kappa shape index (κ2) is 5.93. The third kappa shape index (κ3) is 3.58. The van der Waals surface area contributed by atoms with E-state index in [1.165, 1.54) is 10.6 Å². The van der Waals surface area contributed by atoms with Crippen LogP contribution in [-0.2, 0) is 27.8 Å². The fourth-order valence-electron chi connectivity index (χ4n) is 2.34. The van der Waals surface area contributed by atoms with Gasteiger partial charge in [-0.1, -0.05) is 13.0 Å². The number of nitrogens with zero attached hydrogens (tertiary/aromatic N) is 1. The van der Waals surface area contributed by atoms with Crippen LogP contribution >= 0.6 is 0 Å². The molecule has 1 aliphatic rings. The van der Waals surface area contributed by atoms with E-state index in [1.54, 1.807) is 0 Å². The van der Waals surface area contributed by atoms with E-state index >= 15 is 0 Å². The number of sulfonamides is 1. The zero-order valence-electron chi connectivity index (χ0n) is 11.8. The second-order valence-electron chi connectivity index (χ2n) is 5.13. The van der Waals surface area contributed by atoms with Gasteiger partial charge >= 0.3 is 0 Å². The van der Waals surface area contributed by atoms with Gasteiger partial charge < -0.3 is 5.32 Å². The number of hydrogen-bond donors (Lipinski definition) is 1. The maximum absolute atomic E-state index is 11.6. The number of anilines is 1. The SMILES string of the molecule is CCCC(=O)Nc1ccc2c(c1)CN(S(C)(=O)=O)CC2. The molecule has 1 aromatic carbocycles. The molecule has 0 fully saturated rings. The van der Waals surface area contributed by atoms with Gasteiger partial charge in [-0.2, -0.15) is 4.31 Å². The number of fused-ring (bicyclic) bond motifs is 1. The van der Waals surface area contributed by atoms with Gasteiger partial charge in [-0.15, -0.1) is 0 Å². The Labute approximate surface area is 120 Å². The van der Waals surface area contributed by atoms with Gasteiger partial charge in [0.25, 0.3) is 0 Å². The molecule has 0 bridgehead atoms. The molecule has 1 heterocycles. The molecule has 0 saturated carbocycles. The summed E-state index contributed by atoms with van der Waals surface area (Å²) in [5, 5.41) is 2.84. The summed E-state index contributed by atoms with van der Waals surface area (Å²) in [6, 6.07) is 5.72. The van der Waals surface area contributed by atoms with Gasteiger partial charge in [0.05, 0.1) is 6.26 Å². The van der Waals surface area contributed by atoms with E-state index in [2.05, 4.69) is 5.32 Å². The van der Waals surface area contributed by atoms with Crippen LogP contribution in [0.4, 0.5) is 5.69 Å². The zero-order valence-corrected chi connectivity index (χ0v) is 12.7. The molecule has 5 nitrogen and oxygen atoms in total. The number of benzene rings is 1. The van der Waals surface area contributed by atoms with Crippen molar-refractivity contribution >= 4 is 21.6 Å². The third-order valence-corrected chi connectivity index (χ3v) is 4.66. The average Bonchev–Trinajstić information content (AvgIpc) is 2.37. The maximum atomic E-state index is 11.6.